The summed E-state index contributed by atoms with van der Waals surface area (Å²) in [6, 6.07) is 23.0. The highest BCUT2D eigenvalue weighted by Crippen LogP contribution is 2.48. The van der Waals surface area contributed by atoms with Gasteiger partial charge < -0.3 is 4.74 Å². The van der Waals surface area contributed by atoms with Gasteiger partial charge in [0.1, 0.15) is 12.4 Å². The zero-order valence-electron chi connectivity index (χ0n) is 18.5. The monoisotopic (exact) mass is 499 g/mol. The van der Waals surface area contributed by atoms with Gasteiger partial charge >= 0.3 is 6.09 Å². The molecule has 1 unspecified atom stereocenters. The van der Waals surface area contributed by atoms with E-state index in [2.05, 4.69) is 21.2 Å². The van der Waals surface area contributed by atoms with Gasteiger partial charge in [0, 0.05) is 12.1 Å². The molecule has 0 saturated carbocycles. The summed E-state index contributed by atoms with van der Waals surface area (Å²) in [5.74, 6) is 0.211. The largest absolute Gasteiger partial charge is 0.444 e. The Bertz CT molecular complexity index is 1470. The molecule has 1 aliphatic rings. The van der Waals surface area contributed by atoms with Crippen molar-refractivity contribution in [2.75, 3.05) is 5.32 Å². The van der Waals surface area contributed by atoms with E-state index in [1.165, 1.54) is 0 Å². The first-order valence-corrected chi connectivity index (χ1v) is 11.7. The number of benzene rings is 3. The van der Waals surface area contributed by atoms with E-state index >= 15 is 0 Å². The molecule has 7 heteroatoms. The van der Waals surface area contributed by atoms with Crippen LogP contribution in [0.2, 0.25) is 10.0 Å². The predicted octanol–water partition coefficient (Wildman–Crippen LogP) is 8.04. The Morgan fingerprint density at radius 2 is 1.83 bits per heavy atom. The lowest BCUT2D eigenvalue weighted by atomic mass is 9.76. The number of fused-ring (bicyclic) bond motifs is 3. The van der Waals surface area contributed by atoms with Gasteiger partial charge in [-0.1, -0.05) is 83.9 Å². The molecular formula is C28H19Cl2N3O2. The molecule has 0 saturated heterocycles. The Morgan fingerprint density at radius 3 is 2.60 bits per heavy atom. The molecule has 0 spiro atoms. The van der Waals surface area contributed by atoms with Gasteiger partial charge in [0.2, 0.25) is 5.69 Å². The smallest absolute Gasteiger partial charge is 0.412 e. The third-order valence-corrected chi connectivity index (χ3v) is 6.79. The minimum atomic E-state index is -0.663. The summed E-state index contributed by atoms with van der Waals surface area (Å²) < 4.78 is 5.32. The van der Waals surface area contributed by atoms with E-state index in [-0.39, 0.29) is 18.3 Å². The standard InChI is InChI=1S/C28H19Cl2N3O2/c1-31-26-25-19(15-32-27(26)33-28(34)35-16-17-7-3-2-4-8-17)13-22(20-9-5-6-10-21(20)25)18-11-12-23(29)24(30)14-18/h2-12,14-15,22H,13,16H2,(H,32,33,34). The number of amides is 1. The van der Waals surface area contributed by atoms with Gasteiger partial charge in [-0.15, -0.1) is 0 Å². The number of halogens is 2. The first-order chi connectivity index (χ1) is 17.0. The van der Waals surface area contributed by atoms with Gasteiger partial charge in [0.25, 0.3) is 0 Å². The van der Waals surface area contributed by atoms with Crippen LogP contribution in [-0.2, 0) is 17.8 Å². The first kappa shape index (κ1) is 22.9. The number of rotatable bonds is 4. The lowest BCUT2D eigenvalue weighted by Gasteiger charge is -2.29. The van der Waals surface area contributed by atoms with Crippen molar-refractivity contribution in [1.29, 1.82) is 0 Å². The minimum absolute atomic E-state index is 0.0310. The Labute approximate surface area is 213 Å². The second kappa shape index (κ2) is 9.79. The molecule has 4 aromatic rings. The third kappa shape index (κ3) is 4.59. The first-order valence-electron chi connectivity index (χ1n) is 11.0. The van der Waals surface area contributed by atoms with Crippen molar-refractivity contribution in [2.24, 2.45) is 0 Å². The summed E-state index contributed by atoms with van der Waals surface area (Å²) in [6.07, 6.45) is 1.69. The predicted molar refractivity (Wildman–Crippen MR) is 138 cm³/mol. The second-order valence-corrected chi connectivity index (χ2v) is 8.99. The molecule has 1 atom stereocenters. The van der Waals surface area contributed by atoms with Gasteiger partial charge in [-0.05, 0) is 51.9 Å². The van der Waals surface area contributed by atoms with Crippen LogP contribution in [0, 0.1) is 6.57 Å². The molecule has 1 amide bonds. The SMILES string of the molecule is [C-]#[N+]c1c(NC(=O)OCc2ccccc2)ncc2c1-c1ccccc1C(c1ccc(Cl)c(Cl)c1)C2. The summed E-state index contributed by atoms with van der Waals surface area (Å²) in [4.78, 5) is 20.6. The summed E-state index contributed by atoms with van der Waals surface area (Å²) in [5.41, 5.74) is 5.90. The molecule has 5 nitrogen and oxygen atoms in total. The zero-order chi connectivity index (χ0) is 24.4. The molecule has 0 bridgehead atoms. The highest BCUT2D eigenvalue weighted by molar-refractivity contribution is 6.42. The molecule has 3 aromatic carbocycles. The number of pyridine rings is 1. The Morgan fingerprint density at radius 1 is 1.06 bits per heavy atom. The minimum Gasteiger partial charge on any atom is -0.444 e. The van der Waals surface area contributed by atoms with E-state index in [4.69, 9.17) is 34.5 Å². The fourth-order valence-corrected chi connectivity index (χ4v) is 4.74. The number of carbonyl (C=O) groups is 1. The molecule has 35 heavy (non-hydrogen) atoms. The normalized spacial score (nSPS) is 13.8. The second-order valence-electron chi connectivity index (χ2n) is 8.17. The maximum absolute atomic E-state index is 12.5. The molecule has 5 rings (SSSR count). The number of ether oxygens (including phenoxy) is 1. The van der Waals surface area contributed by atoms with Crippen LogP contribution in [0.3, 0.4) is 0 Å². The van der Waals surface area contributed by atoms with Crippen molar-refractivity contribution in [3.05, 3.63) is 123 Å². The van der Waals surface area contributed by atoms with Crippen LogP contribution in [-0.4, -0.2) is 11.1 Å². The summed E-state index contributed by atoms with van der Waals surface area (Å²) in [7, 11) is 0. The van der Waals surface area contributed by atoms with Crippen LogP contribution in [0.4, 0.5) is 16.3 Å². The average Bonchev–Trinajstić information content (AvgIpc) is 2.89. The van der Waals surface area contributed by atoms with Crippen LogP contribution in [0.5, 0.6) is 0 Å². The fourth-order valence-electron chi connectivity index (χ4n) is 4.44. The molecule has 172 valence electrons. The summed E-state index contributed by atoms with van der Waals surface area (Å²) >= 11 is 12.4. The Hall–Kier alpha value is -3.85. The van der Waals surface area contributed by atoms with Crippen molar-refractivity contribution >= 4 is 40.8 Å². The van der Waals surface area contributed by atoms with Gasteiger partial charge in [0.15, 0.2) is 0 Å². The number of hydrogen-bond acceptors (Lipinski definition) is 3. The number of carbonyl (C=O) groups excluding carboxylic acids is 1. The lowest BCUT2D eigenvalue weighted by Crippen LogP contribution is -2.17. The van der Waals surface area contributed by atoms with Gasteiger partial charge in [-0.3, -0.25) is 10.3 Å². The van der Waals surface area contributed by atoms with Crippen LogP contribution < -0.4 is 5.32 Å². The Kier molecular flexibility index (Phi) is 6.41. The van der Waals surface area contributed by atoms with Crippen molar-refractivity contribution in [2.45, 2.75) is 18.9 Å². The number of hydrogen-bond donors (Lipinski definition) is 1. The van der Waals surface area contributed by atoms with Gasteiger partial charge in [0.05, 0.1) is 16.6 Å². The molecule has 1 heterocycles. The molecule has 1 aromatic heterocycles. The molecule has 0 fully saturated rings. The van der Waals surface area contributed by atoms with Crippen LogP contribution >= 0.6 is 23.2 Å². The van der Waals surface area contributed by atoms with Crippen LogP contribution in [0.1, 0.15) is 28.2 Å². The third-order valence-electron chi connectivity index (χ3n) is 6.05. The van der Waals surface area contributed by atoms with Crippen molar-refractivity contribution in [3.8, 4) is 11.1 Å². The molecule has 1 N–H and O–H groups in total. The maximum Gasteiger partial charge on any atom is 0.412 e. The van der Waals surface area contributed by atoms with E-state index in [0.29, 0.717) is 22.2 Å². The van der Waals surface area contributed by atoms with E-state index in [9.17, 15) is 4.79 Å². The van der Waals surface area contributed by atoms with Crippen LogP contribution in [0.15, 0.2) is 79.0 Å². The number of aromatic nitrogens is 1. The summed E-state index contributed by atoms with van der Waals surface area (Å²) in [5, 5.41) is 3.66. The highest BCUT2D eigenvalue weighted by Gasteiger charge is 2.30. The molecule has 0 radical (unpaired) electrons. The van der Waals surface area contributed by atoms with Crippen LogP contribution in [0.25, 0.3) is 16.0 Å². The zero-order valence-corrected chi connectivity index (χ0v) is 20.0. The van der Waals surface area contributed by atoms with Crippen molar-refractivity contribution in [3.63, 3.8) is 0 Å². The number of nitrogens with zero attached hydrogens (tertiary/aromatic N) is 2. The average molecular weight is 500 g/mol. The summed E-state index contributed by atoms with van der Waals surface area (Å²) in [6.45, 7) is 8.00. The molecular weight excluding hydrogens is 481 g/mol. The maximum atomic E-state index is 12.5. The topological polar surface area (TPSA) is 55.6 Å². The van der Waals surface area contributed by atoms with Gasteiger partial charge in [-0.25, -0.2) is 9.64 Å². The van der Waals surface area contributed by atoms with E-state index < -0.39 is 6.09 Å². The molecule has 0 aliphatic heterocycles. The van der Waals surface area contributed by atoms with E-state index in [1.54, 1.807) is 12.3 Å². The lowest BCUT2D eigenvalue weighted by molar-refractivity contribution is 0.155. The Balaban J connectivity index is 1.48. The fraction of sp³-hybridized carbons (Fsp3) is 0.107. The highest BCUT2D eigenvalue weighted by atomic mass is 35.5. The van der Waals surface area contributed by atoms with Crippen molar-refractivity contribution < 1.29 is 9.53 Å². The number of anilines is 1. The quantitative estimate of drug-likeness (QED) is 0.289. The van der Waals surface area contributed by atoms with E-state index in [1.807, 2.05) is 60.7 Å². The van der Waals surface area contributed by atoms with Crippen molar-refractivity contribution in [1.82, 2.24) is 4.98 Å². The number of nitrogens with one attached hydrogen (secondary N) is 1. The van der Waals surface area contributed by atoms with Gasteiger partial charge in [-0.2, -0.15) is 0 Å². The molecule has 1 aliphatic carbocycles. The van der Waals surface area contributed by atoms with E-state index in [0.717, 1.165) is 33.4 Å².